The smallest absolute Gasteiger partial charge is 0.118 e. The highest BCUT2D eigenvalue weighted by Gasteiger charge is 2.35. The summed E-state index contributed by atoms with van der Waals surface area (Å²) in [7, 11) is 1.70. The number of methoxy groups -OCH3 is 1. The van der Waals surface area contributed by atoms with Gasteiger partial charge in [0.1, 0.15) is 5.75 Å². The molecule has 1 N–H and O–H groups in total. The molecular weight excluding hydrogens is 392 g/mol. The van der Waals surface area contributed by atoms with Crippen LogP contribution in [0.15, 0.2) is 84.9 Å². The van der Waals surface area contributed by atoms with Crippen LogP contribution < -0.4 is 10.1 Å². The van der Waals surface area contributed by atoms with Crippen LogP contribution in [0.25, 0.3) is 0 Å². The van der Waals surface area contributed by atoms with Crippen LogP contribution in [0.4, 0.5) is 0 Å². The molecule has 0 fully saturated rings. The van der Waals surface area contributed by atoms with Gasteiger partial charge in [-0.25, -0.2) is 0 Å². The fourth-order valence-corrected chi connectivity index (χ4v) is 4.23. The minimum Gasteiger partial charge on any atom is -0.497 e. The van der Waals surface area contributed by atoms with Crippen LogP contribution in [0.1, 0.15) is 48.8 Å². The van der Waals surface area contributed by atoms with E-state index in [-0.39, 0.29) is 5.92 Å². The van der Waals surface area contributed by atoms with Crippen LogP contribution in [0.3, 0.4) is 0 Å². The lowest BCUT2D eigenvalue weighted by Gasteiger charge is -2.37. The van der Waals surface area contributed by atoms with Crippen molar-refractivity contribution in [2.45, 2.75) is 37.6 Å². The Balaban J connectivity index is 1.85. The molecule has 3 aromatic rings. The van der Waals surface area contributed by atoms with Crippen molar-refractivity contribution in [2.75, 3.05) is 13.7 Å². The van der Waals surface area contributed by atoms with Gasteiger partial charge in [-0.15, -0.1) is 0 Å². The summed E-state index contributed by atoms with van der Waals surface area (Å²) in [5, 5.41) is 12.8. The quantitative estimate of drug-likeness (QED) is 0.266. The summed E-state index contributed by atoms with van der Waals surface area (Å²) >= 11 is 0. The molecule has 0 bridgehead atoms. The van der Waals surface area contributed by atoms with Crippen molar-refractivity contribution in [2.24, 2.45) is 5.92 Å². The number of nitrogens with one attached hydrogen (secondary N) is 1. The van der Waals surface area contributed by atoms with E-state index < -0.39 is 5.54 Å². The molecule has 3 aromatic carbocycles. The van der Waals surface area contributed by atoms with Crippen molar-refractivity contribution < 1.29 is 4.74 Å². The van der Waals surface area contributed by atoms with Crippen molar-refractivity contribution >= 4 is 0 Å². The van der Waals surface area contributed by atoms with Gasteiger partial charge in [-0.1, -0.05) is 92.1 Å². The van der Waals surface area contributed by atoms with Gasteiger partial charge < -0.3 is 4.74 Å². The molecule has 0 aromatic heterocycles. The van der Waals surface area contributed by atoms with Gasteiger partial charge in [0.05, 0.1) is 18.7 Å². The minimum absolute atomic E-state index is 0.0907. The zero-order valence-corrected chi connectivity index (χ0v) is 19.0. The predicted molar refractivity (Wildman–Crippen MR) is 131 cm³/mol. The molecule has 0 amide bonds. The molecule has 0 aliphatic heterocycles. The number of rotatable bonds is 12. The molecule has 165 valence electrons. The van der Waals surface area contributed by atoms with Crippen LogP contribution in [0.2, 0.25) is 0 Å². The molecule has 3 rings (SSSR count). The molecule has 3 nitrogen and oxygen atoms in total. The van der Waals surface area contributed by atoms with Gasteiger partial charge in [0, 0.05) is 5.92 Å². The molecule has 0 heterocycles. The SMILES string of the molecule is [CH2]C(C#N)CCCCCCNC(c1ccccc1)(c1ccccc1)c1ccc(OC)cc1. The third-order valence-electron chi connectivity index (χ3n) is 5.99. The standard InChI is InChI=1S/C29H33N2O/c1-24(23-30)13-7-3-4-12-22-31-29(25-14-8-5-9-15-25,26-16-10-6-11-17-26)27-18-20-28(32-2)21-19-27/h5-6,8-11,14-21,24,31H,1,3-4,7,12-13,22H2,2H3. The van der Waals surface area contributed by atoms with Crippen molar-refractivity contribution in [3.8, 4) is 11.8 Å². The molecule has 0 aliphatic rings. The molecular formula is C29H33N2O. The molecule has 0 saturated carbocycles. The fraction of sp³-hybridized carbons (Fsp3) is 0.310. The molecule has 0 aliphatic carbocycles. The van der Waals surface area contributed by atoms with Crippen LogP contribution in [0, 0.1) is 24.2 Å². The second kappa shape index (κ2) is 12.1. The molecule has 0 spiro atoms. The minimum atomic E-state index is -0.450. The van der Waals surface area contributed by atoms with E-state index in [1.807, 2.05) is 12.1 Å². The lowest BCUT2D eigenvalue weighted by molar-refractivity contribution is 0.413. The van der Waals surface area contributed by atoms with E-state index in [0.717, 1.165) is 44.4 Å². The number of ether oxygens (including phenoxy) is 1. The highest BCUT2D eigenvalue weighted by Crippen LogP contribution is 2.37. The Morgan fingerprint density at radius 3 is 1.88 bits per heavy atom. The summed E-state index contributed by atoms with van der Waals surface area (Å²) in [6.07, 6.45) is 5.28. The van der Waals surface area contributed by atoms with E-state index in [0.29, 0.717) is 0 Å². The normalized spacial score (nSPS) is 12.2. The Morgan fingerprint density at radius 1 is 0.812 bits per heavy atom. The van der Waals surface area contributed by atoms with Crippen molar-refractivity contribution in [1.82, 2.24) is 5.32 Å². The predicted octanol–water partition coefficient (Wildman–Crippen LogP) is 6.50. The fourth-order valence-electron chi connectivity index (χ4n) is 4.23. The van der Waals surface area contributed by atoms with Crippen molar-refractivity contribution in [3.05, 3.63) is 109 Å². The molecule has 0 saturated heterocycles. The topological polar surface area (TPSA) is 45.0 Å². The maximum atomic E-state index is 8.89. The number of hydrogen-bond acceptors (Lipinski definition) is 3. The first kappa shape index (κ1) is 23.6. The number of nitriles is 1. The lowest BCUT2D eigenvalue weighted by Crippen LogP contribution is -2.45. The monoisotopic (exact) mass is 425 g/mol. The Labute approximate surface area is 193 Å². The zero-order chi connectivity index (χ0) is 22.7. The van der Waals surface area contributed by atoms with E-state index in [1.54, 1.807) is 7.11 Å². The summed E-state index contributed by atoms with van der Waals surface area (Å²) in [4.78, 5) is 0. The van der Waals surface area contributed by atoms with E-state index in [1.165, 1.54) is 16.7 Å². The second-order valence-corrected chi connectivity index (χ2v) is 8.17. The first-order valence-electron chi connectivity index (χ1n) is 11.4. The van der Waals surface area contributed by atoms with Crippen LogP contribution in [0.5, 0.6) is 5.75 Å². The summed E-state index contributed by atoms with van der Waals surface area (Å²) in [5.41, 5.74) is 3.16. The van der Waals surface area contributed by atoms with E-state index in [2.05, 4.69) is 91.1 Å². The number of unbranched alkanes of at least 4 members (excludes halogenated alkanes) is 3. The highest BCUT2D eigenvalue weighted by atomic mass is 16.5. The number of nitrogens with zero attached hydrogens (tertiary/aromatic N) is 1. The van der Waals surface area contributed by atoms with E-state index in [4.69, 9.17) is 10.00 Å². The van der Waals surface area contributed by atoms with Gasteiger partial charge in [-0.05, 0) is 55.1 Å². The zero-order valence-electron chi connectivity index (χ0n) is 19.0. The van der Waals surface area contributed by atoms with Crippen LogP contribution in [-0.2, 0) is 5.54 Å². The molecule has 1 unspecified atom stereocenters. The number of benzene rings is 3. The Bertz CT molecular complexity index is 922. The highest BCUT2D eigenvalue weighted by molar-refractivity contribution is 5.50. The van der Waals surface area contributed by atoms with Crippen molar-refractivity contribution in [1.29, 1.82) is 5.26 Å². The van der Waals surface area contributed by atoms with E-state index in [9.17, 15) is 0 Å². The molecule has 1 atom stereocenters. The largest absolute Gasteiger partial charge is 0.497 e. The van der Waals surface area contributed by atoms with Gasteiger partial charge in [0.15, 0.2) is 0 Å². The number of hydrogen-bond donors (Lipinski definition) is 1. The van der Waals surface area contributed by atoms with Crippen LogP contribution in [-0.4, -0.2) is 13.7 Å². The second-order valence-electron chi connectivity index (χ2n) is 8.17. The average Bonchev–Trinajstić information content (AvgIpc) is 2.87. The summed E-state index contributed by atoms with van der Waals surface area (Å²) < 4.78 is 5.41. The van der Waals surface area contributed by atoms with Gasteiger partial charge in [-0.3, -0.25) is 5.32 Å². The summed E-state index contributed by atoms with van der Waals surface area (Å²) in [5.74, 6) is 0.761. The first-order chi connectivity index (χ1) is 15.7. The maximum absolute atomic E-state index is 8.89. The van der Waals surface area contributed by atoms with Gasteiger partial charge in [-0.2, -0.15) is 5.26 Å². The Hall–Kier alpha value is -3.09. The summed E-state index contributed by atoms with van der Waals surface area (Å²) in [6, 6.07) is 31.9. The Morgan fingerprint density at radius 2 is 1.34 bits per heavy atom. The van der Waals surface area contributed by atoms with Gasteiger partial charge >= 0.3 is 0 Å². The van der Waals surface area contributed by atoms with Gasteiger partial charge in [0.25, 0.3) is 0 Å². The summed E-state index contributed by atoms with van der Waals surface area (Å²) in [6.45, 7) is 4.74. The third-order valence-corrected chi connectivity index (χ3v) is 5.99. The molecule has 3 heteroatoms. The first-order valence-corrected chi connectivity index (χ1v) is 11.4. The molecule has 1 radical (unpaired) electrons. The third kappa shape index (κ3) is 5.78. The van der Waals surface area contributed by atoms with Crippen molar-refractivity contribution in [3.63, 3.8) is 0 Å². The maximum Gasteiger partial charge on any atom is 0.118 e. The average molecular weight is 426 g/mol. The van der Waals surface area contributed by atoms with Crippen LogP contribution >= 0.6 is 0 Å². The molecule has 32 heavy (non-hydrogen) atoms. The van der Waals surface area contributed by atoms with E-state index >= 15 is 0 Å². The van der Waals surface area contributed by atoms with Gasteiger partial charge in [0.2, 0.25) is 0 Å². The Kier molecular flexibility index (Phi) is 8.90. The lowest BCUT2D eigenvalue weighted by atomic mass is 9.77.